The summed E-state index contributed by atoms with van der Waals surface area (Å²) in [5.41, 5.74) is 0.306. The standard InChI is InChI=1S/C42H36O16/c1-21(43)50-20-33-37(51-22(2)44)39(52-23(3)45)40(53-24(4)46)41(55-33)56-38-35(49)34-29(48)18-28(47)19-32(34)54-36(38)25-15-16-30-31(17-25)58-42(57-30,26-11-7-5-8-12-26)27-13-9-6-10-14-27/h5-19,33,37,39-41,47-48H,20H2,1-4H3/t33-,37-,39+,40-,41+/m1/s1. The number of aromatic hydroxyl groups is 2. The van der Waals surface area contributed by atoms with Crippen LogP contribution in [0.4, 0.5) is 0 Å². The fourth-order valence-corrected chi connectivity index (χ4v) is 6.83. The van der Waals surface area contributed by atoms with Gasteiger partial charge in [-0.15, -0.1) is 0 Å². The molecular weight excluding hydrogens is 760 g/mol. The van der Waals surface area contributed by atoms with Gasteiger partial charge in [-0.05, 0) is 18.2 Å². The third-order valence-electron chi connectivity index (χ3n) is 9.12. The van der Waals surface area contributed by atoms with Gasteiger partial charge in [0.2, 0.25) is 23.6 Å². The molecule has 0 unspecified atom stereocenters. The number of carbonyl (C=O) groups is 4. The van der Waals surface area contributed by atoms with E-state index in [4.69, 9.17) is 42.3 Å². The average Bonchev–Trinajstić information content (AvgIpc) is 3.57. The molecule has 7 rings (SSSR count). The van der Waals surface area contributed by atoms with E-state index in [0.717, 1.165) is 39.8 Å². The van der Waals surface area contributed by atoms with Crippen molar-refractivity contribution in [2.45, 2.75) is 64.2 Å². The van der Waals surface area contributed by atoms with Gasteiger partial charge in [-0.25, -0.2) is 0 Å². The minimum absolute atomic E-state index is 0.168. The molecule has 2 aliphatic heterocycles. The lowest BCUT2D eigenvalue weighted by Gasteiger charge is -2.43. The molecule has 58 heavy (non-hydrogen) atoms. The molecule has 300 valence electrons. The first-order valence-electron chi connectivity index (χ1n) is 17.9. The summed E-state index contributed by atoms with van der Waals surface area (Å²) < 4.78 is 53.4. The minimum Gasteiger partial charge on any atom is -0.508 e. The summed E-state index contributed by atoms with van der Waals surface area (Å²) in [5.74, 6) is -6.21. The molecule has 1 saturated heterocycles. The van der Waals surface area contributed by atoms with Gasteiger partial charge in [0.1, 0.15) is 35.2 Å². The van der Waals surface area contributed by atoms with Gasteiger partial charge in [-0.3, -0.25) is 24.0 Å². The zero-order valence-corrected chi connectivity index (χ0v) is 31.4. The summed E-state index contributed by atoms with van der Waals surface area (Å²) in [4.78, 5) is 63.6. The van der Waals surface area contributed by atoms with Gasteiger partial charge in [0, 0.05) is 56.5 Å². The van der Waals surface area contributed by atoms with Crippen molar-refractivity contribution in [3.63, 3.8) is 0 Å². The summed E-state index contributed by atoms with van der Waals surface area (Å²) in [7, 11) is 0. The first-order chi connectivity index (χ1) is 27.7. The summed E-state index contributed by atoms with van der Waals surface area (Å²) in [6.45, 7) is 3.73. The highest BCUT2D eigenvalue weighted by atomic mass is 16.7. The highest BCUT2D eigenvalue weighted by Gasteiger charge is 2.54. The number of carbonyl (C=O) groups excluding carboxylic acids is 4. The van der Waals surface area contributed by atoms with Crippen molar-refractivity contribution in [2.24, 2.45) is 0 Å². The Bertz CT molecular complexity index is 2400. The zero-order chi connectivity index (χ0) is 41.3. The molecule has 2 aliphatic rings. The van der Waals surface area contributed by atoms with E-state index in [-0.39, 0.29) is 22.7 Å². The van der Waals surface area contributed by atoms with Crippen molar-refractivity contribution in [3.8, 4) is 40.1 Å². The van der Waals surface area contributed by atoms with Crippen LogP contribution in [0.15, 0.2) is 100 Å². The van der Waals surface area contributed by atoms with E-state index in [9.17, 15) is 34.2 Å². The van der Waals surface area contributed by atoms with Gasteiger partial charge in [0.25, 0.3) is 0 Å². The molecule has 1 fully saturated rings. The summed E-state index contributed by atoms with van der Waals surface area (Å²) in [6.07, 6.45) is -8.11. The van der Waals surface area contributed by atoms with Crippen LogP contribution in [0.3, 0.4) is 0 Å². The quantitative estimate of drug-likeness (QED) is 0.140. The van der Waals surface area contributed by atoms with Crippen LogP contribution in [-0.2, 0) is 48.6 Å². The zero-order valence-electron chi connectivity index (χ0n) is 31.4. The number of benzene rings is 4. The molecule has 3 heterocycles. The monoisotopic (exact) mass is 796 g/mol. The fraction of sp³-hybridized carbons (Fsp3) is 0.262. The van der Waals surface area contributed by atoms with Crippen LogP contribution >= 0.6 is 0 Å². The lowest BCUT2D eigenvalue weighted by atomic mass is 9.97. The SMILES string of the molecule is CC(=O)OC[C@H]1O[C@@H](Oc2c(-c3ccc4c(c3)OC(c3ccccc3)(c3ccccc3)O4)oc3cc(O)cc(O)c3c2=O)[C@H](OC(C)=O)[C@@H](OC(C)=O)[C@@H]1OC(C)=O. The van der Waals surface area contributed by atoms with E-state index in [1.807, 2.05) is 60.7 Å². The molecule has 1 aromatic heterocycles. The van der Waals surface area contributed by atoms with Crippen LogP contribution in [0.1, 0.15) is 38.8 Å². The van der Waals surface area contributed by atoms with Crippen molar-refractivity contribution in [2.75, 3.05) is 6.61 Å². The Morgan fingerprint density at radius 3 is 1.88 bits per heavy atom. The smallest absolute Gasteiger partial charge is 0.305 e. The summed E-state index contributed by atoms with van der Waals surface area (Å²) in [6, 6.07) is 25.1. The fourth-order valence-electron chi connectivity index (χ4n) is 6.83. The Kier molecular flexibility index (Phi) is 10.7. The second-order valence-electron chi connectivity index (χ2n) is 13.3. The Hall–Kier alpha value is -7.07. The predicted octanol–water partition coefficient (Wildman–Crippen LogP) is 5.01. The third-order valence-corrected chi connectivity index (χ3v) is 9.12. The number of ether oxygens (including phenoxy) is 8. The average molecular weight is 797 g/mol. The van der Waals surface area contributed by atoms with E-state index < -0.39 is 95.0 Å². The van der Waals surface area contributed by atoms with Crippen LogP contribution in [-0.4, -0.2) is 71.4 Å². The van der Waals surface area contributed by atoms with Crippen molar-refractivity contribution in [1.82, 2.24) is 0 Å². The van der Waals surface area contributed by atoms with Crippen molar-refractivity contribution < 1.29 is 71.7 Å². The molecule has 16 nitrogen and oxygen atoms in total. The molecule has 0 spiro atoms. The van der Waals surface area contributed by atoms with E-state index in [1.54, 1.807) is 12.1 Å². The number of esters is 4. The summed E-state index contributed by atoms with van der Waals surface area (Å²) >= 11 is 0. The highest BCUT2D eigenvalue weighted by molar-refractivity contribution is 5.88. The molecule has 0 radical (unpaired) electrons. The first-order valence-corrected chi connectivity index (χ1v) is 17.9. The molecule has 0 saturated carbocycles. The Morgan fingerprint density at radius 2 is 1.28 bits per heavy atom. The number of hydrogen-bond donors (Lipinski definition) is 2. The largest absolute Gasteiger partial charge is 0.508 e. The van der Waals surface area contributed by atoms with Gasteiger partial charge in [0.15, 0.2) is 29.5 Å². The number of phenols is 2. The Balaban J connectivity index is 1.37. The minimum atomic E-state index is -1.85. The molecule has 0 amide bonds. The molecule has 5 aromatic rings. The second kappa shape index (κ2) is 15.8. The van der Waals surface area contributed by atoms with Crippen molar-refractivity contribution >= 4 is 34.8 Å². The molecular formula is C42H36O16. The van der Waals surface area contributed by atoms with E-state index in [0.29, 0.717) is 16.9 Å². The molecule has 16 heteroatoms. The predicted molar refractivity (Wildman–Crippen MR) is 199 cm³/mol. The number of fused-ring (bicyclic) bond motifs is 2. The normalized spacial score (nSPS) is 20.4. The van der Waals surface area contributed by atoms with Crippen molar-refractivity contribution in [1.29, 1.82) is 0 Å². The van der Waals surface area contributed by atoms with Gasteiger partial charge in [-0.2, -0.15) is 0 Å². The van der Waals surface area contributed by atoms with Gasteiger partial charge < -0.3 is 52.5 Å². The molecule has 4 aromatic carbocycles. The molecule has 2 N–H and O–H groups in total. The van der Waals surface area contributed by atoms with Crippen LogP contribution < -0.4 is 19.6 Å². The second-order valence-corrected chi connectivity index (χ2v) is 13.3. The van der Waals surface area contributed by atoms with Crippen LogP contribution in [0, 0.1) is 0 Å². The van der Waals surface area contributed by atoms with Crippen LogP contribution in [0.25, 0.3) is 22.3 Å². The maximum Gasteiger partial charge on any atom is 0.305 e. The van der Waals surface area contributed by atoms with E-state index >= 15 is 0 Å². The highest BCUT2D eigenvalue weighted by Crippen LogP contribution is 2.50. The lowest BCUT2D eigenvalue weighted by molar-refractivity contribution is -0.288. The first kappa shape index (κ1) is 39.2. The number of phenolic OH excluding ortho intramolecular Hbond substituents is 2. The molecule has 0 aliphatic carbocycles. The third kappa shape index (κ3) is 7.69. The Labute approximate surface area is 329 Å². The van der Waals surface area contributed by atoms with Gasteiger partial charge >= 0.3 is 29.7 Å². The molecule has 0 bridgehead atoms. The topological polar surface area (TPSA) is 213 Å². The maximum atomic E-state index is 14.5. The van der Waals surface area contributed by atoms with E-state index in [2.05, 4.69) is 0 Å². The lowest BCUT2D eigenvalue weighted by Crippen LogP contribution is -2.63. The van der Waals surface area contributed by atoms with Crippen LogP contribution in [0.5, 0.6) is 28.7 Å². The van der Waals surface area contributed by atoms with Gasteiger partial charge in [0.05, 0.1) is 0 Å². The number of rotatable bonds is 10. The summed E-state index contributed by atoms with van der Waals surface area (Å²) in [5, 5.41) is 20.8. The van der Waals surface area contributed by atoms with Crippen LogP contribution in [0.2, 0.25) is 0 Å². The number of hydrogen-bond acceptors (Lipinski definition) is 16. The van der Waals surface area contributed by atoms with Crippen molar-refractivity contribution in [3.05, 3.63) is 112 Å². The van der Waals surface area contributed by atoms with Gasteiger partial charge in [-0.1, -0.05) is 60.7 Å². The van der Waals surface area contributed by atoms with E-state index in [1.165, 1.54) is 6.07 Å². The molecule has 5 atom stereocenters. The Morgan fingerprint density at radius 1 is 0.690 bits per heavy atom. The maximum absolute atomic E-state index is 14.5.